The SMILES string of the molecule is C.C.CCCCCCCCCCCCCCCCCC(=O)OCC(CCC(=O)C([NH3+])CC(=O)O)OC(=O)CCCCCCCCCCCCCCCCC.[Cl-]. The highest BCUT2D eigenvalue weighted by atomic mass is 35.5. The van der Waals surface area contributed by atoms with Crippen LogP contribution in [0.3, 0.4) is 0 Å². The molecule has 9 heteroatoms. The number of carboxylic acid groups (broad SMARTS) is 1. The van der Waals surface area contributed by atoms with Gasteiger partial charge in [-0.1, -0.05) is 208 Å². The molecule has 0 heterocycles. The molecule has 0 saturated heterocycles. The zero-order valence-corrected chi connectivity index (χ0v) is 35.3. The lowest BCUT2D eigenvalue weighted by molar-refractivity contribution is -0.402. The summed E-state index contributed by atoms with van der Waals surface area (Å²) in [6.45, 7) is 4.43. The number of unbranched alkanes of at least 4 members (excludes halogenated alkanes) is 28. The molecule has 55 heavy (non-hydrogen) atoms. The molecule has 330 valence electrons. The number of carbonyl (C=O) groups excluding carboxylic acids is 3. The smallest absolute Gasteiger partial charge is 0.309 e. The van der Waals surface area contributed by atoms with E-state index in [2.05, 4.69) is 19.6 Å². The quantitative estimate of drug-likeness (QED) is 0.0464. The molecule has 0 aromatic rings. The van der Waals surface area contributed by atoms with Crippen LogP contribution in [0.15, 0.2) is 0 Å². The fraction of sp³-hybridized carbons (Fsp3) is 0.913. The third kappa shape index (κ3) is 44.9. The molecule has 0 amide bonds. The van der Waals surface area contributed by atoms with Gasteiger partial charge >= 0.3 is 17.9 Å². The first-order valence-electron chi connectivity index (χ1n) is 22.2. The Morgan fingerprint density at radius 1 is 0.491 bits per heavy atom. The molecular formula is C46H92ClNO7. The number of Topliss-reactive ketones (excluding diaryl/α,β-unsaturated/α-hetero) is 1. The number of halogens is 1. The minimum Gasteiger partial charge on any atom is -1.00 e. The van der Waals surface area contributed by atoms with Crippen LogP contribution in [0.2, 0.25) is 0 Å². The van der Waals surface area contributed by atoms with E-state index in [9.17, 15) is 19.2 Å². The second kappa shape index (κ2) is 46.7. The summed E-state index contributed by atoms with van der Waals surface area (Å²) in [5.41, 5.74) is 3.66. The highest BCUT2D eigenvalue weighted by Gasteiger charge is 2.24. The van der Waals surface area contributed by atoms with Gasteiger partial charge in [-0.25, -0.2) is 0 Å². The Morgan fingerprint density at radius 3 is 1.13 bits per heavy atom. The van der Waals surface area contributed by atoms with Gasteiger partial charge in [-0.2, -0.15) is 0 Å². The van der Waals surface area contributed by atoms with E-state index in [0.29, 0.717) is 12.8 Å². The molecule has 0 radical (unpaired) electrons. The number of carboxylic acids is 1. The maximum absolute atomic E-state index is 12.6. The van der Waals surface area contributed by atoms with Gasteiger partial charge in [0.05, 0.1) is 0 Å². The third-order valence-corrected chi connectivity index (χ3v) is 10.3. The number of carbonyl (C=O) groups is 4. The van der Waals surface area contributed by atoms with Crippen LogP contribution in [0.25, 0.3) is 0 Å². The van der Waals surface area contributed by atoms with E-state index in [0.717, 1.165) is 38.5 Å². The number of ether oxygens (including phenoxy) is 2. The van der Waals surface area contributed by atoms with Crippen LogP contribution in [0.5, 0.6) is 0 Å². The van der Waals surface area contributed by atoms with Gasteiger partial charge in [-0.05, 0) is 19.3 Å². The molecule has 0 saturated carbocycles. The number of hydrogen-bond donors (Lipinski definition) is 2. The molecular weight excluding hydrogens is 714 g/mol. The summed E-state index contributed by atoms with van der Waals surface area (Å²) in [6, 6.07) is -0.859. The van der Waals surface area contributed by atoms with Gasteiger partial charge in [-0.3, -0.25) is 19.2 Å². The van der Waals surface area contributed by atoms with Crippen molar-refractivity contribution < 1.29 is 51.9 Å². The predicted octanol–water partition coefficient (Wildman–Crippen LogP) is 9.68. The zero-order chi connectivity index (χ0) is 38.3. The topological polar surface area (TPSA) is 135 Å². The van der Waals surface area contributed by atoms with Crippen LogP contribution >= 0.6 is 0 Å². The third-order valence-electron chi connectivity index (χ3n) is 10.3. The van der Waals surface area contributed by atoms with E-state index in [4.69, 9.17) is 14.6 Å². The van der Waals surface area contributed by atoms with Gasteiger partial charge in [0.15, 0.2) is 11.8 Å². The molecule has 4 N–H and O–H groups in total. The van der Waals surface area contributed by atoms with Gasteiger partial charge in [0.2, 0.25) is 0 Å². The van der Waals surface area contributed by atoms with E-state index in [1.165, 1.54) is 154 Å². The minimum absolute atomic E-state index is 0. The summed E-state index contributed by atoms with van der Waals surface area (Å²) in [5, 5.41) is 8.99. The van der Waals surface area contributed by atoms with E-state index >= 15 is 0 Å². The molecule has 0 aliphatic carbocycles. The molecule has 0 aliphatic heterocycles. The van der Waals surface area contributed by atoms with E-state index in [-0.39, 0.29) is 70.9 Å². The molecule has 0 bridgehead atoms. The van der Waals surface area contributed by atoms with E-state index in [1.54, 1.807) is 0 Å². The van der Waals surface area contributed by atoms with Crippen molar-refractivity contribution in [3.05, 3.63) is 0 Å². The van der Waals surface area contributed by atoms with Crippen molar-refractivity contribution >= 4 is 23.7 Å². The van der Waals surface area contributed by atoms with Gasteiger partial charge in [0.1, 0.15) is 19.1 Å². The Kier molecular flexibility index (Phi) is 51.0. The van der Waals surface area contributed by atoms with Crippen LogP contribution in [0.1, 0.15) is 253 Å². The normalized spacial score (nSPS) is 11.8. The maximum atomic E-state index is 12.6. The summed E-state index contributed by atoms with van der Waals surface area (Å²) in [4.78, 5) is 48.5. The number of rotatable bonds is 41. The van der Waals surface area contributed by atoms with Crippen molar-refractivity contribution in [2.24, 2.45) is 0 Å². The van der Waals surface area contributed by atoms with Gasteiger partial charge in [0, 0.05) is 19.3 Å². The Balaban J connectivity index is -0.00000433. The summed E-state index contributed by atoms with van der Waals surface area (Å²) in [6.07, 6.45) is 37.5. The molecule has 2 atom stereocenters. The van der Waals surface area contributed by atoms with Crippen LogP contribution in [-0.4, -0.2) is 47.6 Å². The summed E-state index contributed by atoms with van der Waals surface area (Å²) in [7, 11) is 0. The van der Waals surface area contributed by atoms with E-state index < -0.39 is 18.1 Å². The van der Waals surface area contributed by atoms with Gasteiger partial charge in [-0.15, -0.1) is 0 Å². The largest absolute Gasteiger partial charge is 1.00 e. The second-order valence-electron chi connectivity index (χ2n) is 15.5. The molecule has 2 unspecified atom stereocenters. The number of ketones is 1. The lowest BCUT2D eigenvalue weighted by Gasteiger charge is -2.18. The number of quaternary nitrogens is 1. The summed E-state index contributed by atoms with van der Waals surface area (Å²) < 4.78 is 11.1. The van der Waals surface area contributed by atoms with Crippen LogP contribution in [0, 0.1) is 0 Å². The van der Waals surface area contributed by atoms with Crippen LogP contribution in [-0.2, 0) is 28.7 Å². The Labute approximate surface area is 346 Å². The average Bonchev–Trinajstić information content (AvgIpc) is 3.12. The molecule has 8 nitrogen and oxygen atoms in total. The van der Waals surface area contributed by atoms with Crippen molar-refractivity contribution in [1.29, 1.82) is 0 Å². The molecule has 0 aliphatic rings. The highest BCUT2D eigenvalue weighted by Crippen LogP contribution is 2.16. The predicted molar refractivity (Wildman–Crippen MR) is 227 cm³/mol. The minimum atomic E-state index is -1.08. The molecule has 0 aromatic carbocycles. The Morgan fingerprint density at radius 2 is 0.800 bits per heavy atom. The number of esters is 2. The van der Waals surface area contributed by atoms with Crippen LogP contribution in [0.4, 0.5) is 0 Å². The number of aliphatic carboxylic acids is 1. The first-order chi connectivity index (χ1) is 25.3. The van der Waals surface area contributed by atoms with E-state index in [1.807, 2.05) is 0 Å². The number of hydrogen-bond acceptors (Lipinski definition) is 6. The summed E-state index contributed by atoms with van der Waals surface area (Å²) >= 11 is 0. The molecule has 0 aromatic heterocycles. The summed E-state index contributed by atoms with van der Waals surface area (Å²) in [5.74, 6) is -2.03. The lowest BCUT2D eigenvalue weighted by atomic mass is 10.0. The Bertz CT molecular complexity index is 856. The van der Waals surface area contributed by atoms with Crippen molar-refractivity contribution in [2.45, 2.75) is 266 Å². The lowest BCUT2D eigenvalue weighted by Crippen LogP contribution is -3.00. The fourth-order valence-corrected chi connectivity index (χ4v) is 6.79. The van der Waals surface area contributed by atoms with Crippen molar-refractivity contribution in [2.75, 3.05) is 6.61 Å². The molecule has 0 fully saturated rings. The first-order valence-corrected chi connectivity index (χ1v) is 22.2. The highest BCUT2D eigenvalue weighted by molar-refractivity contribution is 5.86. The monoisotopic (exact) mass is 806 g/mol. The van der Waals surface area contributed by atoms with Crippen molar-refractivity contribution in [3.63, 3.8) is 0 Å². The van der Waals surface area contributed by atoms with Gasteiger partial charge < -0.3 is 32.7 Å². The maximum Gasteiger partial charge on any atom is 0.309 e. The van der Waals surface area contributed by atoms with Crippen LogP contribution < -0.4 is 18.1 Å². The van der Waals surface area contributed by atoms with Crippen molar-refractivity contribution in [3.8, 4) is 0 Å². The molecule has 0 rings (SSSR count). The molecule has 0 spiro atoms. The van der Waals surface area contributed by atoms with Crippen molar-refractivity contribution in [1.82, 2.24) is 0 Å². The Hall–Kier alpha value is -1.67. The zero-order valence-electron chi connectivity index (χ0n) is 34.6. The first kappa shape index (κ1) is 60.0. The second-order valence-corrected chi connectivity index (χ2v) is 15.5. The fourth-order valence-electron chi connectivity index (χ4n) is 6.79. The van der Waals surface area contributed by atoms with Gasteiger partial charge in [0.25, 0.3) is 0 Å². The standard InChI is InChI=1S/C44H83NO7.2CH4.ClH/c1-3-5-7-9-11-13-15-17-19-21-23-25-27-29-31-33-43(49)51-38-39(35-36-41(46)40(45)37-42(47)48)52-44(50)34-32-30-28-26-24-22-20-18-16-14-12-10-8-6-4-2;;;/h39-40H,3-38,45H2,1-2H3,(H,47,48);2*1H4;1H. The average molecular weight is 807 g/mol.